The number of hydrogen-bond donors (Lipinski definition) is 0. The lowest BCUT2D eigenvalue weighted by atomic mass is 9.67. The summed E-state index contributed by atoms with van der Waals surface area (Å²) >= 11 is 6.10. The van der Waals surface area contributed by atoms with E-state index in [1.807, 2.05) is 24.3 Å². The average molecular weight is 695 g/mol. The molecule has 2 atom stereocenters. The molecule has 0 aliphatic heterocycles. The molecule has 0 heterocycles. The number of fused-ring (bicyclic) bond motifs is 1. The van der Waals surface area contributed by atoms with Crippen LogP contribution >= 0.6 is 11.6 Å². The van der Waals surface area contributed by atoms with Crippen molar-refractivity contribution in [3.05, 3.63) is 143 Å². The molecule has 2 aliphatic carbocycles. The Morgan fingerprint density at radius 2 is 1.18 bits per heavy atom. The van der Waals surface area contributed by atoms with Gasteiger partial charge in [-0.2, -0.15) is 0 Å². The summed E-state index contributed by atoms with van der Waals surface area (Å²) in [6, 6.07) is 15.3. The highest BCUT2D eigenvalue weighted by atomic mass is 35.5. The molecule has 0 unspecified atom stereocenters. The Kier molecular flexibility index (Phi) is 18.0. The standard InChI is InChI=1S/C45H55ClO4/c1-2-3-4-5-6-7-8-9-10-11-12-13-14-15-16-17-18-19-20-23-34-49-35-50-45-42(43(47)40-24-21-22-25-41(40)44(45)48)38-28-26-36(27-29-38)37-30-32-39(46)33-31-37/h3-4,6-7,9-10,12-13,15-16,18-19,21-22,24-25,30-33,36,38,42,45H,2,5,8,11,14,17,20,23,26-29,34-35H2,1H3/b4-3-,7-6-,10-9-,13-12-,16-15-,19-18-/t36?,38?,42-,45+/m0/s1. The summed E-state index contributed by atoms with van der Waals surface area (Å²) in [5.74, 6) is -0.0223. The molecule has 0 radical (unpaired) electrons. The van der Waals surface area contributed by atoms with Crippen molar-refractivity contribution in [1.82, 2.24) is 0 Å². The van der Waals surface area contributed by atoms with Crippen molar-refractivity contribution in [2.75, 3.05) is 13.4 Å². The van der Waals surface area contributed by atoms with Crippen molar-refractivity contribution in [2.45, 2.75) is 96.0 Å². The van der Waals surface area contributed by atoms with Crippen molar-refractivity contribution in [3.8, 4) is 0 Å². The maximum atomic E-state index is 13.8. The van der Waals surface area contributed by atoms with Crippen molar-refractivity contribution in [3.63, 3.8) is 0 Å². The van der Waals surface area contributed by atoms with E-state index in [1.54, 1.807) is 12.1 Å². The normalized spacial score (nSPS) is 21.6. The number of carbonyl (C=O) groups excluding carboxylic acids is 2. The first-order chi connectivity index (χ1) is 24.6. The predicted molar refractivity (Wildman–Crippen MR) is 208 cm³/mol. The van der Waals surface area contributed by atoms with Crippen LogP contribution in [-0.4, -0.2) is 31.1 Å². The second-order valence-corrected chi connectivity index (χ2v) is 13.6. The zero-order chi connectivity index (χ0) is 35.2. The second-order valence-electron chi connectivity index (χ2n) is 13.1. The molecular formula is C45H55ClO4. The van der Waals surface area contributed by atoms with Gasteiger partial charge in [0.2, 0.25) is 0 Å². The van der Waals surface area contributed by atoms with Crippen LogP contribution in [-0.2, 0) is 9.47 Å². The van der Waals surface area contributed by atoms with Crippen LogP contribution in [0.15, 0.2) is 121 Å². The van der Waals surface area contributed by atoms with Crippen LogP contribution in [0.4, 0.5) is 0 Å². The van der Waals surface area contributed by atoms with Crippen LogP contribution < -0.4 is 0 Å². The minimum Gasteiger partial charge on any atom is -0.355 e. The Morgan fingerprint density at radius 3 is 1.74 bits per heavy atom. The number of ketones is 2. The van der Waals surface area contributed by atoms with E-state index in [0.717, 1.165) is 82.1 Å². The number of hydrogen-bond acceptors (Lipinski definition) is 4. The van der Waals surface area contributed by atoms with Crippen molar-refractivity contribution in [2.24, 2.45) is 11.8 Å². The van der Waals surface area contributed by atoms with E-state index in [1.165, 1.54) is 5.56 Å². The smallest absolute Gasteiger partial charge is 0.193 e. The number of benzene rings is 2. The van der Waals surface area contributed by atoms with Crippen LogP contribution in [0.3, 0.4) is 0 Å². The van der Waals surface area contributed by atoms with Crippen LogP contribution in [0.1, 0.15) is 116 Å². The molecule has 2 aromatic rings. The van der Waals surface area contributed by atoms with Gasteiger partial charge in [0.25, 0.3) is 0 Å². The van der Waals surface area contributed by atoms with E-state index >= 15 is 0 Å². The summed E-state index contributed by atoms with van der Waals surface area (Å²) in [5, 5.41) is 0.739. The van der Waals surface area contributed by atoms with Gasteiger partial charge < -0.3 is 9.47 Å². The van der Waals surface area contributed by atoms with Crippen molar-refractivity contribution < 1.29 is 19.1 Å². The van der Waals surface area contributed by atoms with E-state index in [2.05, 4.69) is 92.0 Å². The Morgan fingerprint density at radius 1 is 0.660 bits per heavy atom. The lowest BCUT2D eigenvalue weighted by Crippen LogP contribution is -2.47. The first-order valence-electron chi connectivity index (χ1n) is 18.6. The Balaban J connectivity index is 1.11. The van der Waals surface area contributed by atoms with Gasteiger partial charge in [-0.1, -0.05) is 128 Å². The number of ether oxygens (including phenoxy) is 2. The fourth-order valence-corrected chi connectivity index (χ4v) is 6.98. The number of unbranched alkanes of at least 4 members (excludes halogenated alkanes) is 1. The first-order valence-corrected chi connectivity index (χ1v) is 19.0. The number of Topliss-reactive ketones (excluding diaryl/α,β-unsaturated/α-hetero) is 2. The van der Waals surface area contributed by atoms with Gasteiger partial charge in [0.1, 0.15) is 12.9 Å². The molecule has 50 heavy (non-hydrogen) atoms. The Hall–Kier alpha value is -3.57. The molecule has 4 rings (SSSR count). The van der Waals surface area contributed by atoms with E-state index < -0.39 is 12.0 Å². The van der Waals surface area contributed by atoms with Gasteiger partial charge in [-0.3, -0.25) is 9.59 Å². The average Bonchev–Trinajstić information content (AvgIpc) is 3.14. The van der Waals surface area contributed by atoms with Gasteiger partial charge in [-0.15, -0.1) is 0 Å². The SMILES string of the molecule is CC/C=C\C/C=C\C/C=C\C/C=C\C/C=C\C/C=C\CCCOCO[C@H]1C(=O)c2ccccc2C(=O)[C@@H]1C1CCC(c2ccc(Cl)cc2)CC1. The lowest BCUT2D eigenvalue weighted by molar-refractivity contribution is -0.0966. The number of rotatable bonds is 20. The fraction of sp³-hybridized carbons (Fsp3) is 0.422. The molecule has 0 N–H and O–H groups in total. The van der Waals surface area contributed by atoms with Crippen LogP contribution in [0.2, 0.25) is 5.02 Å². The zero-order valence-corrected chi connectivity index (χ0v) is 30.5. The highest BCUT2D eigenvalue weighted by Gasteiger charge is 2.46. The highest BCUT2D eigenvalue weighted by Crippen LogP contribution is 2.43. The maximum Gasteiger partial charge on any atom is 0.193 e. The molecule has 0 saturated heterocycles. The first kappa shape index (κ1) is 39.2. The van der Waals surface area contributed by atoms with Crippen LogP contribution in [0.5, 0.6) is 0 Å². The highest BCUT2D eigenvalue weighted by molar-refractivity contribution is 6.30. The second kappa shape index (κ2) is 23.0. The molecule has 0 bridgehead atoms. The summed E-state index contributed by atoms with van der Waals surface area (Å²) < 4.78 is 11.9. The minimum absolute atomic E-state index is 0.00617. The maximum absolute atomic E-state index is 13.8. The summed E-state index contributed by atoms with van der Waals surface area (Å²) in [4.78, 5) is 27.4. The van der Waals surface area contributed by atoms with Gasteiger partial charge in [-0.25, -0.2) is 0 Å². The Bertz CT molecular complexity index is 1490. The third-order valence-corrected chi connectivity index (χ3v) is 9.81. The monoisotopic (exact) mass is 694 g/mol. The molecule has 4 nitrogen and oxygen atoms in total. The number of allylic oxidation sites excluding steroid dienone is 12. The molecule has 0 aromatic heterocycles. The molecule has 1 saturated carbocycles. The third kappa shape index (κ3) is 13.0. The summed E-state index contributed by atoms with van der Waals surface area (Å²) in [7, 11) is 0. The van der Waals surface area contributed by atoms with E-state index in [-0.39, 0.29) is 24.3 Å². The predicted octanol–water partition coefficient (Wildman–Crippen LogP) is 12.1. The number of halogens is 1. The summed E-state index contributed by atoms with van der Waals surface area (Å²) in [5.41, 5.74) is 2.28. The molecule has 5 heteroatoms. The zero-order valence-electron chi connectivity index (χ0n) is 29.8. The lowest BCUT2D eigenvalue weighted by Gasteiger charge is -2.39. The molecule has 0 amide bonds. The Labute approximate surface area is 305 Å². The van der Waals surface area contributed by atoms with E-state index in [0.29, 0.717) is 23.7 Å². The summed E-state index contributed by atoms with van der Waals surface area (Å²) in [6.07, 6.45) is 37.1. The van der Waals surface area contributed by atoms with Gasteiger partial charge >= 0.3 is 0 Å². The molecule has 0 spiro atoms. The van der Waals surface area contributed by atoms with Gasteiger partial charge in [0.05, 0.1) is 5.92 Å². The summed E-state index contributed by atoms with van der Waals surface area (Å²) in [6.45, 7) is 2.70. The molecule has 266 valence electrons. The molecule has 2 aliphatic rings. The van der Waals surface area contributed by atoms with Crippen LogP contribution in [0, 0.1) is 11.8 Å². The van der Waals surface area contributed by atoms with Crippen molar-refractivity contribution >= 4 is 23.2 Å². The van der Waals surface area contributed by atoms with Crippen LogP contribution in [0.25, 0.3) is 0 Å². The molecule has 2 aromatic carbocycles. The largest absolute Gasteiger partial charge is 0.355 e. The van der Waals surface area contributed by atoms with E-state index in [9.17, 15) is 9.59 Å². The van der Waals surface area contributed by atoms with E-state index in [4.69, 9.17) is 21.1 Å². The van der Waals surface area contributed by atoms with Gasteiger partial charge in [0, 0.05) is 22.8 Å². The fourth-order valence-electron chi connectivity index (χ4n) is 6.86. The quantitative estimate of drug-likeness (QED) is 0.0786. The van der Waals surface area contributed by atoms with Gasteiger partial charge in [0.15, 0.2) is 11.6 Å². The topological polar surface area (TPSA) is 52.6 Å². The number of carbonyl (C=O) groups is 2. The molecular weight excluding hydrogens is 640 g/mol. The van der Waals surface area contributed by atoms with Gasteiger partial charge in [-0.05, 0) is 107 Å². The van der Waals surface area contributed by atoms with Crippen molar-refractivity contribution in [1.29, 1.82) is 0 Å². The minimum atomic E-state index is -0.808. The third-order valence-electron chi connectivity index (χ3n) is 9.55. The molecule has 1 fully saturated rings.